The zero-order valence-corrected chi connectivity index (χ0v) is 21.4. The Morgan fingerprint density at radius 2 is 1.79 bits per heavy atom. The number of carbonyl (C=O) groups is 2. The van der Waals surface area contributed by atoms with E-state index in [1.807, 2.05) is 6.07 Å². The fourth-order valence-corrected chi connectivity index (χ4v) is 4.57. The molecule has 5 nitrogen and oxygen atoms in total. The third-order valence-electron chi connectivity index (χ3n) is 5.85. The Labute approximate surface area is 209 Å². The molecule has 0 atom stereocenters. The van der Waals surface area contributed by atoms with Crippen molar-refractivity contribution in [2.45, 2.75) is 70.8 Å². The Morgan fingerprint density at radius 3 is 2.55 bits per heavy atom. The van der Waals surface area contributed by atoms with Gasteiger partial charge in [0, 0.05) is 16.2 Å². The predicted molar refractivity (Wildman–Crippen MR) is 138 cm³/mol. The minimum Gasteiger partial charge on any atom is -0.493 e. The summed E-state index contributed by atoms with van der Waals surface area (Å²) >= 11 is 9.74. The van der Waals surface area contributed by atoms with E-state index in [9.17, 15) is 9.59 Å². The van der Waals surface area contributed by atoms with Crippen molar-refractivity contribution in [3.05, 3.63) is 57.0 Å². The molecule has 0 spiro atoms. The Balaban J connectivity index is 1.69. The monoisotopic (exact) mass is 534 g/mol. The first kappa shape index (κ1) is 25.6. The van der Waals surface area contributed by atoms with Crippen LogP contribution in [0.25, 0.3) is 0 Å². The van der Waals surface area contributed by atoms with Gasteiger partial charge in [0.15, 0.2) is 0 Å². The molecule has 0 heterocycles. The summed E-state index contributed by atoms with van der Waals surface area (Å²) in [7, 11) is 0. The lowest BCUT2D eigenvalue weighted by Gasteiger charge is -2.23. The molecular formula is C26H32BrClN2O3. The first-order chi connectivity index (χ1) is 16.0. The number of amides is 2. The highest BCUT2D eigenvalue weighted by Gasteiger charge is 2.20. The van der Waals surface area contributed by atoms with Crippen molar-refractivity contribution < 1.29 is 14.3 Å². The summed E-state index contributed by atoms with van der Waals surface area (Å²) < 4.78 is 6.68. The zero-order valence-electron chi connectivity index (χ0n) is 19.1. The fraction of sp³-hybridized carbons (Fsp3) is 0.462. The normalized spacial score (nSPS) is 14.0. The van der Waals surface area contributed by atoms with Crippen LogP contribution in [0.4, 0.5) is 5.69 Å². The molecule has 0 unspecified atom stereocenters. The first-order valence-electron chi connectivity index (χ1n) is 11.8. The van der Waals surface area contributed by atoms with Crippen LogP contribution in [0.15, 0.2) is 40.9 Å². The molecular weight excluding hydrogens is 504 g/mol. The van der Waals surface area contributed by atoms with E-state index in [1.165, 1.54) is 12.8 Å². The molecule has 2 aromatic rings. The van der Waals surface area contributed by atoms with Crippen molar-refractivity contribution >= 4 is 45.0 Å². The standard InChI is InChI=1S/C26H32BrClN2O3/c1-2-3-4-8-15-33-24-14-11-18(27)16-22(24)26(32)30-20-12-13-23(28)21(17-20)25(31)29-19-9-6-5-7-10-19/h11-14,16-17,19H,2-10,15H2,1H3,(H,29,31)(H,30,32). The molecule has 0 radical (unpaired) electrons. The molecule has 1 fully saturated rings. The van der Waals surface area contributed by atoms with Crippen LogP contribution in [0.3, 0.4) is 0 Å². The number of nitrogens with one attached hydrogen (secondary N) is 2. The van der Waals surface area contributed by atoms with Gasteiger partial charge >= 0.3 is 0 Å². The Hall–Kier alpha value is -2.05. The third-order valence-corrected chi connectivity index (χ3v) is 6.67. The highest BCUT2D eigenvalue weighted by Crippen LogP contribution is 2.27. The molecule has 33 heavy (non-hydrogen) atoms. The van der Waals surface area contributed by atoms with E-state index in [1.54, 1.807) is 30.3 Å². The van der Waals surface area contributed by atoms with Crippen molar-refractivity contribution in [3.63, 3.8) is 0 Å². The fourth-order valence-electron chi connectivity index (χ4n) is 4.00. The van der Waals surface area contributed by atoms with Gasteiger partial charge < -0.3 is 15.4 Å². The highest BCUT2D eigenvalue weighted by atomic mass is 79.9. The van der Waals surface area contributed by atoms with Crippen LogP contribution in [0.2, 0.25) is 5.02 Å². The first-order valence-corrected chi connectivity index (χ1v) is 13.0. The maximum absolute atomic E-state index is 13.1. The second-order valence-corrected chi connectivity index (χ2v) is 9.83. The number of carbonyl (C=O) groups excluding carboxylic acids is 2. The van der Waals surface area contributed by atoms with Crippen LogP contribution in [-0.2, 0) is 0 Å². The molecule has 0 saturated heterocycles. The lowest BCUT2D eigenvalue weighted by atomic mass is 9.95. The van der Waals surface area contributed by atoms with Gasteiger partial charge in [-0.2, -0.15) is 0 Å². The molecule has 2 amide bonds. The molecule has 2 N–H and O–H groups in total. The van der Waals surface area contributed by atoms with Crippen molar-refractivity contribution in [3.8, 4) is 5.75 Å². The zero-order chi connectivity index (χ0) is 23.6. The number of unbranched alkanes of at least 4 members (excludes halogenated alkanes) is 3. The topological polar surface area (TPSA) is 67.4 Å². The van der Waals surface area contributed by atoms with Gasteiger partial charge in [-0.25, -0.2) is 0 Å². The number of benzene rings is 2. The van der Waals surface area contributed by atoms with E-state index in [0.29, 0.717) is 34.2 Å². The van der Waals surface area contributed by atoms with Crippen LogP contribution >= 0.6 is 27.5 Å². The summed E-state index contributed by atoms with van der Waals surface area (Å²) in [6, 6.07) is 10.5. The summed E-state index contributed by atoms with van der Waals surface area (Å²) in [6.45, 7) is 2.73. The second-order valence-electron chi connectivity index (χ2n) is 8.51. The van der Waals surface area contributed by atoms with Gasteiger partial charge in [0.1, 0.15) is 5.75 Å². The quantitative estimate of drug-likeness (QED) is 0.312. The molecule has 1 aliphatic rings. The van der Waals surface area contributed by atoms with E-state index >= 15 is 0 Å². The van der Waals surface area contributed by atoms with Crippen LogP contribution in [0, 0.1) is 0 Å². The predicted octanol–water partition coefficient (Wildman–Crippen LogP) is 7.38. The lowest BCUT2D eigenvalue weighted by Crippen LogP contribution is -2.36. The van der Waals surface area contributed by atoms with Gasteiger partial charge in [-0.15, -0.1) is 0 Å². The largest absolute Gasteiger partial charge is 0.493 e. The lowest BCUT2D eigenvalue weighted by molar-refractivity contribution is 0.0926. The average molecular weight is 536 g/mol. The van der Waals surface area contributed by atoms with Crippen LogP contribution < -0.4 is 15.4 Å². The van der Waals surface area contributed by atoms with E-state index in [4.69, 9.17) is 16.3 Å². The average Bonchev–Trinajstić information content (AvgIpc) is 2.81. The molecule has 0 aromatic heterocycles. The van der Waals surface area contributed by atoms with Gasteiger partial charge in [0.05, 0.1) is 22.8 Å². The number of rotatable bonds is 10. The summed E-state index contributed by atoms with van der Waals surface area (Å²) in [5.74, 6) is 0.0267. The maximum atomic E-state index is 13.1. The summed E-state index contributed by atoms with van der Waals surface area (Å²) in [6.07, 6.45) is 9.84. The smallest absolute Gasteiger partial charge is 0.259 e. The summed E-state index contributed by atoms with van der Waals surface area (Å²) in [4.78, 5) is 25.9. The molecule has 3 rings (SSSR count). The van der Waals surface area contributed by atoms with Gasteiger partial charge in [0.25, 0.3) is 11.8 Å². The van der Waals surface area contributed by atoms with Crippen LogP contribution in [0.1, 0.15) is 85.4 Å². The molecule has 1 saturated carbocycles. The number of ether oxygens (including phenoxy) is 1. The van der Waals surface area contributed by atoms with E-state index in [2.05, 4.69) is 33.5 Å². The van der Waals surface area contributed by atoms with E-state index in [0.717, 1.165) is 49.4 Å². The minimum atomic E-state index is -0.305. The molecule has 2 aromatic carbocycles. The SMILES string of the molecule is CCCCCCOc1ccc(Br)cc1C(=O)Nc1ccc(Cl)c(C(=O)NC2CCCCC2)c1. The third kappa shape index (κ3) is 7.75. The van der Waals surface area contributed by atoms with Crippen molar-refractivity contribution in [2.75, 3.05) is 11.9 Å². The molecule has 7 heteroatoms. The van der Waals surface area contributed by atoms with Gasteiger partial charge in [0.2, 0.25) is 0 Å². The second kappa shape index (κ2) is 13.0. The number of anilines is 1. The molecule has 0 bridgehead atoms. The number of hydrogen-bond acceptors (Lipinski definition) is 3. The van der Waals surface area contributed by atoms with Gasteiger partial charge in [-0.1, -0.05) is 73.0 Å². The van der Waals surface area contributed by atoms with Gasteiger partial charge in [-0.05, 0) is 55.7 Å². The Morgan fingerprint density at radius 1 is 1.00 bits per heavy atom. The minimum absolute atomic E-state index is 0.180. The van der Waals surface area contributed by atoms with E-state index in [-0.39, 0.29) is 17.9 Å². The summed E-state index contributed by atoms with van der Waals surface area (Å²) in [5.41, 5.74) is 1.30. The molecule has 178 valence electrons. The van der Waals surface area contributed by atoms with Crippen LogP contribution in [-0.4, -0.2) is 24.5 Å². The number of halogens is 2. The van der Waals surface area contributed by atoms with Crippen molar-refractivity contribution in [1.82, 2.24) is 5.32 Å². The van der Waals surface area contributed by atoms with Crippen LogP contribution in [0.5, 0.6) is 5.75 Å². The van der Waals surface area contributed by atoms with Gasteiger partial charge in [-0.3, -0.25) is 9.59 Å². The molecule has 1 aliphatic carbocycles. The Kier molecular flexibility index (Phi) is 10.1. The van der Waals surface area contributed by atoms with Crippen molar-refractivity contribution in [2.24, 2.45) is 0 Å². The molecule has 0 aliphatic heterocycles. The number of hydrogen-bond donors (Lipinski definition) is 2. The Bertz CT molecular complexity index is 961. The highest BCUT2D eigenvalue weighted by molar-refractivity contribution is 9.10. The van der Waals surface area contributed by atoms with Crippen molar-refractivity contribution in [1.29, 1.82) is 0 Å². The van der Waals surface area contributed by atoms with E-state index < -0.39 is 0 Å². The summed E-state index contributed by atoms with van der Waals surface area (Å²) in [5, 5.41) is 6.33. The maximum Gasteiger partial charge on any atom is 0.259 e.